The first-order valence-corrected chi connectivity index (χ1v) is 7.01. The molecule has 102 valence electrons. The summed E-state index contributed by atoms with van der Waals surface area (Å²) in [5.74, 6) is 0. The van der Waals surface area contributed by atoms with Gasteiger partial charge in [0.25, 0.3) is 0 Å². The smallest absolute Gasteiger partial charge is 0.0702 e. The lowest BCUT2D eigenvalue weighted by molar-refractivity contribution is 0.268. The molecule has 0 bridgehead atoms. The van der Waals surface area contributed by atoms with Crippen molar-refractivity contribution in [2.45, 2.75) is 39.7 Å². The van der Waals surface area contributed by atoms with Gasteiger partial charge in [-0.1, -0.05) is 32.9 Å². The summed E-state index contributed by atoms with van der Waals surface area (Å²) >= 11 is 0. The number of nitrogens with one attached hydrogen (secondary N) is 1. The summed E-state index contributed by atoms with van der Waals surface area (Å²) in [6.07, 6.45) is 4.11. The van der Waals surface area contributed by atoms with E-state index in [0.29, 0.717) is 11.5 Å². The third kappa shape index (κ3) is 3.54. The Bertz CT molecular complexity index is 540. The van der Waals surface area contributed by atoms with Crippen LogP contribution in [0.25, 0.3) is 10.9 Å². The number of hydrogen-bond acceptors (Lipinski definition) is 2. The van der Waals surface area contributed by atoms with E-state index >= 15 is 0 Å². The number of aryl methyl sites for hydroxylation is 1. The van der Waals surface area contributed by atoms with Crippen molar-refractivity contribution in [2.75, 3.05) is 7.05 Å². The van der Waals surface area contributed by atoms with E-state index in [-0.39, 0.29) is 0 Å². The average molecular weight is 256 g/mol. The van der Waals surface area contributed by atoms with Gasteiger partial charge in [-0.3, -0.25) is 4.98 Å². The summed E-state index contributed by atoms with van der Waals surface area (Å²) < 4.78 is 0. The van der Waals surface area contributed by atoms with Gasteiger partial charge in [0.2, 0.25) is 0 Å². The van der Waals surface area contributed by atoms with Crippen LogP contribution in [0.5, 0.6) is 0 Å². The van der Waals surface area contributed by atoms with Crippen molar-refractivity contribution in [3.63, 3.8) is 0 Å². The largest absolute Gasteiger partial charge is 0.316 e. The van der Waals surface area contributed by atoms with Crippen molar-refractivity contribution in [3.05, 3.63) is 42.1 Å². The number of pyridine rings is 1. The molecule has 0 fully saturated rings. The Hall–Kier alpha value is -1.41. The van der Waals surface area contributed by atoms with Gasteiger partial charge in [0.15, 0.2) is 0 Å². The number of aromatic nitrogens is 1. The standard InChI is InChI=1S/C17H24N2/c1-17(2,3)16(18-4)10-8-13-7-9-15-14(12-13)6-5-11-19-15/h5-7,9,11-12,16,18H,8,10H2,1-4H3. The predicted octanol–water partition coefficient (Wildman–Crippen LogP) is 3.80. The minimum absolute atomic E-state index is 0.299. The zero-order chi connectivity index (χ0) is 13.9. The van der Waals surface area contributed by atoms with E-state index in [9.17, 15) is 0 Å². The van der Waals surface area contributed by atoms with Crippen LogP contribution in [0, 0.1) is 5.41 Å². The zero-order valence-electron chi connectivity index (χ0n) is 12.4. The predicted molar refractivity (Wildman–Crippen MR) is 82.4 cm³/mol. The second-order valence-corrected chi connectivity index (χ2v) is 6.28. The minimum Gasteiger partial charge on any atom is -0.316 e. The Kier molecular flexibility index (Phi) is 4.20. The van der Waals surface area contributed by atoms with Gasteiger partial charge in [-0.2, -0.15) is 0 Å². The van der Waals surface area contributed by atoms with Gasteiger partial charge >= 0.3 is 0 Å². The molecule has 2 aromatic rings. The van der Waals surface area contributed by atoms with Crippen LogP contribution in [-0.4, -0.2) is 18.1 Å². The van der Waals surface area contributed by atoms with Gasteiger partial charge in [-0.05, 0) is 49.1 Å². The first kappa shape index (κ1) is 14.0. The van der Waals surface area contributed by atoms with E-state index in [1.165, 1.54) is 10.9 Å². The normalized spacial score (nSPS) is 13.7. The van der Waals surface area contributed by atoms with E-state index in [1.807, 2.05) is 12.3 Å². The summed E-state index contributed by atoms with van der Waals surface area (Å²) in [4.78, 5) is 4.36. The van der Waals surface area contributed by atoms with Crippen LogP contribution < -0.4 is 5.32 Å². The van der Waals surface area contributed by atoms with Crippen LogP contribution in [0.2, 0.25) is 0 Å². The van der Waals surface area contributed by atoms with Crippen LogP contribution in [-0.2, 0) is 6.42 Å². The summed E-state index contributed by atoms with van der Waals surface area (Å²) in [5.41, 5.74) is 2.77. The molecule has 0 aliphatic heterocycles. The molecular weight excluding hydrogens is 232 g/mol. The lowest BCUT2D eigenvalue weighted by Crippen LogP contribution is -2.38. The maximum Gasteiger partial charge on any atom is 0.0702 e. The third-order valence-electron chi connectivity index (χ3n) is 3.78. The van der Waals surface area contributed by atoms with E-state index in [2.05, 4.69) is 62.4 Å². The molecule has 1 unspecified atom stereocenters. The van der Waals surface area contributed by atoms with Gasteiger partial charge in [-0.25, -0.2) is 0 Å². The van der Waals surface area contributed by atoms with E-state index in [1.54, 1.807) is 0 Å². The summed E-state index contributed by atoms with van der Waals surface area (Å²) in [6.45, 7) is 6.87. The molecule has 2 nitrogen and oxygen atoms in total. The Labute approximate surface area is 116 Å². The monoisotopic (exact) mass is 256 g/mol. The van der Waals surface area contributed by atoms with E-state index in [4.69, 9.17) is 0 Å². The molecule has 1 N–H and O–H groups in total. The molecular formula is C17H24N2. The number of benzene rings is 1. The fraction of sp³-hybridized carbons (Fsp3) is 0.471. The molecule has 1 atom stereocenters. The molecule has 0 radical (unpaired) electrons. The van der Waals surface area contributed by atoms with E-state index < -0.39 is 0 Å². The fourth-order valence-electron chi connectivity index (χ4n) is 2.60. The van der Waals surface area contributed by atoms with Crippen LogP contribution in [0.3, 0.4) is 0 Å². The molecule has 0 aliphatic carbocycles. The van der Waals surface area contributed by atoms with E-state index in [0.717, 1.165) is 18.4 Å². The Balaban J connectivity index is 2.09. The Morgan fingerprint density at radius 3 is 2.68 bits per heavy atom. The van der Waals surface area contributed by atoms with Crippen LogP contribution in [0.4, 0.5) is 0 Å². The maximum atomic E-state index is 4.36. The number of nitrogens with zero attached hydrogens (tertiary/aromatic N) is 1. The van der Waals surface area contributed by atoms with Gasteiger partial charge in [0, 0.05) is 17.6 Å². The topological polar surface area (TPSA) is 24.9 Å². The molecule has 0 amide bonds. The molecule has 1 heterocycles. The number of fused-ring (bicyclic) bond motifs is 1. The quantitative estimate of drug-likeness (QED) is 0.900. The molecule has 0 saturated carbocycles. The molecule has 2 rings (SSSR count). The van der Waals surface area contributed by atoms with Crippen LogP contribution in [0.15, 0.2) is 36.5 Å². The second kappa shape index (κ2) is 5.70. The number of rotatable bonds is 4. The van der Waals surface area contributed by atoms with Crippen molar-refractivity contribution in [1.29, 1.82) is 0 Å². The third-order valence-corrected chi connectivity index (χ3v) is 3.78. The van der Waals surface area contributed by atoms with Crippen molar-refractivity contribution < 1.29 is 0 Å². The van der Waals surface area contributed by atoms with Crippen molar-refractivity contribution in [1.82, 2.24) is 10.3 Å². The van der Waals surface area contributed by atoms with Gasteiger partial charge in [-0.15, -0.1) is 0 Å². The van der Waals surface area contributed by atoms with Gasteiger partial charge in [0.05, 0.1) is 5.52 Å². The highest BCUT2D eigenvalue weighted by atomic mass is 14.9. The van der Waals surface area contributed by atoms with Crippen molar-refractivity contribution in [2.24, 2.45) is 5.41 Å². The van der Waals surface area contributed by atoms with Gasteiger partial charge < -0.3 is 5.32 Å². The molecule has 0 aliphatic rings. The van der Waals surface area contributed by atoms with Crippen molar-refractivity contribution in [3.8, 4) is 0 Å². The Morgan fingerprint density at radius 1 is 1.21 bits per heavy atom. The fourth-order valence-corrected chi connectivity index (χ4v) is 2.60. The maximum absolute atomic E-state index is 4.36. The second-order valence-electron chi connectivity index (χ2n) is 6.28. The first-order valence-electron chi connectivity index (χ1n) is 7.01. The molecule has 0 spiro atoms. The highest BCUT2D eigenvalue weighted by Gasteiger charge is 2.22. The first-order chi connectivity index (χ1) is 9.00. The lowest BCUT2D eigenvalue weighted by atomic mass is 9.83. The van der Waals surface area contributed by atoms with Crippen LogP contribution >= 0.6 is 0 Å². The SMILES string of the molecule is CNC(CCc1ccc2ncccc2c1)C(C)(C)C. The lowest BCUT2D eigenvalue weighted by Gasteiger charge is -2.30. The molecule has 1 aromatic carbocycles. The highest BCUT2D eigenvalue weighted by molar-refractivity contribution is 5.78. The zero-order valence-corrected chi connectivity index (χ0v) is 12.4. The summed E-state index contributed by atoms with van der Waals surface area (Å²) in [6, 6.07) is 11.2. The van der Waals surface area contributed by atoms with Gasteiger partial charge in [0.1, 0.15) is 0 Å². The Morgan fingerprint density at radius 2 is 2.00 bits per heavy atom. The molecule has 1 aromatic heterocycles. The van der Waals surface area contributed by atoms with Crippen molar-refractivity contribution >= 4 is 10.9 Å². The molecule has 19 heavy (non-hydrogen) atoms. The summed E-state index contributed by atoms with van der Waals surface area (Å²) in [7, 11) is 2.06. The van der Waals surface area contributed by atoms with Crippen LogP contribution in [0.1, 0.15) is 32.8 Å². The highest BCUT2D eigenvalue weighted by Crippen LogP contribution is 2.23. The summed E-state index contributed by atoms with van der Waals surface area (Å²) in [5, 5.41) is 4.67. The number of hydrogen-bond donors (Lipinski definition) is 1. The minimum atomic E-state index is 0.299. The average Bonchev–Trinajstić information content (AvgIpc) is 2.37. The molecule has 2 heteroatoms. The molecule has 0 saturated heterocycles.